The van der Waals surface area contributed by atoms with E-state index in [-0.39, 0.29) is 54.9 Å². The first-order valence-corrected chi connectivity index (χ1v) is 25.6. The highest BCUT2D eigenvalue weighted by Gasteiger charge is 2.46. The topological polar surface area (TPSA) is 183 Å². The van der Waals surface area contributed by atoms with Crippen LogP contribution in [0.15, 0.2) is 92.2 Å². The minimum absolute atomic E-state index is 0.107. The molecular weight excluding hydrogens is 964 g/mol. The number of methoxy groups -OCH3 is 3. The van der Waals surface area contributed by atoms with Crippen LogP contribution in [0, 0.1) is 11.8 Å². The number of hydrogen-bond donors (Lipinski definition) is 2. The Balaban J connectivity index is 1.07. The van der Waals surface area contributed by atoms with Crippen LogP contribution in [0.3, 0.4) is 0 Å². The molecule has 4 fully saturated rings. The van der Waals surface area contributed by atoms with Crippen molar-refractivity contribution < 1.29 is 61.7 Å². The summed E-state index contributed by atoms with van der Waals surface area (Å²) in [7, 11) is 4.88. The summed E-state index contributed by atoms with van der Waals surface area (Å²) < 4.78 is 62.1. The Bertz CT molecular complexity index is 2230. The van der Waals surface area contributed by atoms with Gasteiger partial charge in [-0.2, -0.15) is 0 Å². The molecule has 2 N–H and O–H groups in total. The quantitative estimate of drug-likeness (QED) is 0.110. The third kappa shape index (κ3) is 14.4. The van der Waals surface area contributed by atoms with E-state index in [9.17, 15) is 15.0 Å². The fraction of sp³-hybridized carbons (Fsp3) is 0.611. The second-order valence-electron chi connectivity index (χ2n) is 19.7. The number of allylic oxidation sites excluding steroid dienone is 2. The van der Waals surface area contributed by atoms with Crippen LogP contribution in [-0.2, 0) is 49.1 Å². The zero-order valence-electron chi connectivity index (χ0n) is 41.7. The second-order valence-corrected chi connectivity index (χ2v) is 20.2. The van der Waals surface area contributed by atoms with Gasteiger partial charge in [0, 0.05) is 64.9 Å². The van der Waals surface area contributed by atoms with Crippen molar-refractivity contribution in [3.8, 4) is 0 Å². The van der Waals surface area contributed by atoms with Crippen LogP contribution in [0.5, 0.6) is 0 Å². The van der Waals surface area contributed by atoms with E-state index in [2.05, 4.69) is 22.5 Å². The molecule has 4 saturated heterocycles. The first-order valence-electron chi connectivity index (χ1n) is 24.7. The Morgan fingerprint density at radius 1 is 0.971 bits per heavy atom. The highest BCUT2D eigenvalue weighted by Crippen LogP contribution is 2.40. The summed E-state index contributed by atoms with van der Waals surface area (Å²) in [6.45, 7) is 12.3. The number of hydrogen-bond acceptors (Lipinski definition) is 15. The van der Waals surface area contributed by atoms with Gasteiger partial charge in [-0.15, -0.1) is 0 Å². The maximum atomic E-state index is 13.6. The van der Waals surface area contributed by atoms with Gasteiger partial charge in [0.1, 0.15) is 36.1 Å². The Morgan fingerprint density at radius 2 is 1.77 bits per heavy atom. The van der Waals surface area contributed by atoms with Crippen LogP contribution < -0.4 is 0 Å². The predicted molar refractivity (Wildman–Crippen MR) is 266 cm³/mol. The zero-order valence-corrected chi connectivity index (χ0v) is 43.2. The Kier molecular flexibility index (Phi) is 19.5. The highest BCUT2D eigenvalue weighted by molar-refractivity contribution is 9.11. The molecule has 16 heteroatoms. The maximum absolute atomic E-state index is 13.6. The fourth-order valence-electron chi connectivity index (χ4n) is 10.5. The zero-order chi connectivity index (χ0) is 50.0. The average Bonchev–Trinajstić information content (AvgIpc) is 3.99. The number of oxazole rings is 2. The van der Waals surface area contributed by atoms with Crippen LogP contribution in [0.1, 0.15) is 121 Å². The average molecular weight is 1040 g/mol. The normalized spacial score (nSPS) is 35.8. The van der Waals surface area contributed by atoms with Crippen LogP contribution in [0.4, 0.5) is 0 Å². The monoisotopic (exact) mass is 1040 g/mol. The number of fused-ring (bicyclic) bond motifs is 9. The molecule has 5 aliphatic rings. The number of nitrogens with zero attached hydrogens (tertiary/aromatic N) is 2. The van der Waals surface area contributed by atoms with Crippen molar-refractivity contribution in [3.63, 3.8) is 0 Å². The molecule has 0 saturated carbocycles. The molecule has 0 spiro atoms. The van der Waals surface area contributed by atoms with Gasteiger partial charge in [-0.05, 0) is 75.1 Å². The number of halogens is 1. The molecule has 15 atom stereocenters. The summed E-state index contributed by atoms with van der Waals surface area (Å²) in [5, 5.41) is 22.3. The lowest BCUT2D eigenvalue weighted by molar-refractivity contribution is -0.298. The molecule has 2 aromatic heterocycles. The van der Waals surface area contributed by atoms with Crippen molar-refractivity contribution in [2.24, 2.45) is 11.8 Å². The smallest absolute Gasteiger partial charge is 0.330 e. The molecule has 2 aromatic rings. The van der Waals surface area contributed by atoms with Gasteiger partial charge < -0.3 is 56.9 Å². The number of aliphatic hydroxyl groups excluding tert-OH is 2. The van der Waals surface area contributed by atoms with Gasteiger partial charge in [0.15, 0.2) is 11.7 Å². The van der Waals surface area contributed by atoms with E-state index in [0.29, 0.717) is 87.4 Å². The number of rotatable bonds is 13. The molecule has 15 nitrogen and oxygen atoms in total. The van der Waals surface area contributed by atoms with Crippen molar-refractivity contribution in [2.45, 2.75) is 177 Å². The van der Waals surface area contributed by atoms with E-state index in [1.165, 1.54) is 6.08 Å². The molecule has 0 aromatic carbocycles. The third-order valence-corrected chi connectivity index (χ3v) is 14.6. The summed E-state index contributed by atoms with van der Waals surface area (Å²) in [6.07, 6.45) is 20.9. The molecule has 384 valence electrons. The van der Waals surface area contributed by atoms with Crippen molar-refractivity contribution in [2.75, 3.05) is 21.3 Å². The molecular formula is C54H73BrN2O13. The molecule has 5 aliphatic heterocycles. The number of esters is 1. The molecule has 0 radical (unpaired) electrons. The Labute approximate surface area is 421 Å². The number of aromatic nitrogens is 2. The highest BCUT2D eigenvalue weighted by atomic mass is 79.9. The summed E-state index contributed by atoms with van der Waals surface area (Å²) in [6, 6.07) is 0. The number of ether oxygens (including phenoxy) is 8. The largest absolute Gasteiger partial charge is 0.458 e. The summed E-state index contributed by atoms with van der Waals surface area (Å²) in [4.78, 5) is 25.0. The van der Waals surface area contributed by atoms with Gasteiger partial charge in [0.05, 0.1) is 67.5 Å². The molecule has 0 aliphatic carbocycles. The van der Waals surface area contributed by atoms with Crippen molar-refractivity contribution in [3.05, 3.63) is 107 Å². The minimum atomic E-state index is -1.19. The summed E-state index contributed by atoms with van der Waals surface area (Å²) in [5.74, 6) is -1.21. The lowest BCUT2D eigenvalue weighted by Gasteiger charge is -2.44. The SMILES string of the molecule is C=C1C[C@@H]2C[C@@H]3C[C@@H](O)C[C@@H](O3)c3coc(n3)/C=C\C[C@H]3O[C@@H](/C(C)=C/c4coc(C[C@]5(OC)C[C@H](OC)C[C@H]([C@H](O)/C=C(C)/C=C/[C@@H](C/C=C/Br)OC)O5)n4)[C@H](C)[C@@H](OC(=O)/C=C\C[C@@H](C1)O2)[C@H]3C. The van der Waals surface area contributed by atoms with Gasteiger partial charge in [0.25, 0.3) is 0 Å². The van der Waals surface area contributed by atoms with Gasteiger partial charge in [-0.3, -0.25) is 0 Å². The van der Waals surface area contributed by atoms with Gasteiger partial charge in [-0.1, -0.05) is 84.0 Å². The van der Waals surface area contributed by atoms with E-state index >= 15 is 0 Å². The molecule has 7 rings (SSSR count). The summed E-state index contributed by atoms with van der Waals surface area (Å²) in [5.41, 5.74) is 4.02. The molecule has 0 unspecified atom stereocenters. The number of carbonyl (C=O) groups excluding carboxylic acids is 1. The van der Waals surface area contributed by atoms with Crippen molar-refractivity contribution in [1.82, 2.24) is 9.97 Å². The Morgan fingerprint density at radius 3 is 2.54 bits per heavy atom. The third-order valence-electron chi connectivity index (χ3n) is 14.2. The van der Waals surface area contributed by atoms with Crippen molar-refractivity contribution >= 4 is 34.1 Å². The van der Waals surface area contributed by atoms with Crippen LogP contribution in [0.2, 0.25) is 0 Å². The predicted octanol–water partition coefficient (Wildman–Crippen LogP) is 9.41. The van der Waals surface area contributed by atoms with Crippen LogP contribution >= 0.6 is 15.9 Å². The molecule has 7 heterocycles. The van der Waals surface area contributed by atoms with E-state index in [4.69, 9.17) is 56.7 Å². The standard InChI is InChI=1S/C54H73BrN2O13/c1-32(17-18-39(61-6)13-11-19-55)22-45(59)48-27-43(62-7)28-54(63-8,70-48)29-50-56-37(30-64-50)23-34(3)52-36(5)53-35(4)46(68-52)14-10-15-49-57-44(31-65-49)47-25-38(58)24-42(67-47)26-41-21-33(2)20-40(66-41)12-9-16-51(60)69-53/h9-11,15-19,22-23,30-31,35-36,38-43,45-48,52-53,58-59H,2,12-14,20-21,24-29H2,1,3-8H3/b15-10-,16-9-,18-17+,19-11+,32-22+,34-23+/t35-,36-,38+,39+,40-,41+,42-,43+,45+,46+,47+,48+,52-,53-,54-/m0/s1. The Hall–Kier alpha value is -3.81. The van der Waals surface area contributed by atoms with E-state index in [1.807, 2.05) is 70.2 Å². The fourth-order valence-corrected chi connectivity index (χ4v) is 10.8. The maximum Gasteiger partial charge on any atom is 0.330 e. The number of carbonyl (C=O) groups is 1. The first kappa shape index (κ1) is 54.0. The van der Waals surface area contributed by atoms with E-state index in [1.54, 1.807) is 44.9 Å². The van der Waals surface area contributed by atoms with Gasteiger partial charge in [0.2, 0.25) is 5.89 Å². The van der Waals surface area contributed by atoms with Crippen LogP contribution in [-0.4, -0.2) is 120 Å². The van der Waals surface area contributed by atoms with Gasteiger partial charge >= 0.3 is 5.97 Å². The van der Waals surface area contributed by atoms with Crippen molar-refractivity contribution in [1.29, 1.82) is 0 Å². The second kappa shape index (κ2) is 25.2. The first-order chi connectivity index (χ1) is 33.7. The molecule has 8 bridgehead atoms. The van der Waals surface area contributed by atoms with Gasteiger partial charge in [-0.25, -0.2) is 14.8 Å². The lowest BCUT2D eigenvalue weighted by Crippen LogP contribution is -2.52. The molecule has 0 amide bonds. The number of aliphatic hydroxyl groups is 2. The van der Waals surface area contributed by atoms with E-state index < -0.39 is 48.4 Å². The summed E-state index contributed by atoms with van der Waals surface area (Å²) >= 11 is 3.30. The van der Waals surface area contributed by atoms with Crippen LogP contribution in [0.25, 0.3) is 12.2 Å². The van der Waals surface area contributed by atoms with E-state index in [0.717, 1.165) is 16.7 Å². The lowest BCUT2D eigenvalue weighted by atomic mass is 9.79. The minimum Gasteiger partial charge on any atom is -0.458 e. The molecule has 70 heavy (non-hydrogen) atoms.